The summed E-state index contributed by atoms with van der Waals surface area (Å²) in [6.45, 7) is 6.23. The fraction of sp³-hybridized carbons (Fsp3) is 0.467. The van der Waals surface area contributed by atoms with Gasteiger partial charge in [0, 0.05) is 4.90 Å². The van der Waals surface area contributed by atoms with Crippen LogP contribution in [0.4, 0.5) is 10.5 Å². The average molecular weight is 325 g/mol. The lowest BCUT2D eigenvalue weighted by atomic mass is 10.2. The van der Waals surface area contributed by atoms with Crippen molar-refractivity contribution in [2.75, 3.05) is 23.8 Å². The van der Waals surface area contributed by atoms with Gasteiger partial charge in [-0.3, -0.25) is 9.69 Å². The number of nitrogens with zero attached hydrogens (tertiary/aromatic N) is 1. The first-order valence-electron chi connectivity index (χ1n) is 6.88. The number of fused-ring (bicyclic) bond motifs is 1. The topological polar surface area (TPSA) is 76.1 Å². The molecule has 0 unspecified atom stereocenters. The lowest BCUT2D eigenvalue weighted by Crippen LogP contribution is -2.41. The number of aliphatic carboxylic acids is 1. The summed E-state index contributed by atoms with van der Waals surface area (Å²) in [6.07, 6.45) is -0.433. The molecule has 22 heavy (non-hydrogen) atoms. The second kappa shape index (κ2) is 6.48. The lowest BCUT2D eigenvalue weighted by Gasteiger charge is -2.31. The number of benzene rings is 1. The highest BCUT2D eigenvalue weighted by atomic mass is 32.2. The van der Waals surface area contributed by atoms with Crippen molar-refractivity contribution in [3.63, 3.8) is 0 Å². The Morgan fingerprint density at radius 3 is 2.77 bits per heavy atom. The van der Waals surface area contributed by atoms with Crippen LogP contribution in [-0.2, 0) is 9.53 Å². The Labute approximate surface area is 133 Å². The summed E-state index contributed by atoms with van der Waals surface area (Å²) in [5.41, 5.74) is 0.0291. The van der Waals surface area contributed by atoms with Crippen LogP contribution in [0.1, 0.15) is 20.8 Å². The van der Waals surface area contributed by atoms with Crippen LogP contribution >= 0.6 is 11.8 Å². The Bertz CT molecular complexity index is 582. The number of carboxylic acids is 1. The van der Waals surface area contributed by atoms with Crippen molar-refractivity contribution >= 4 is 29.5 Å². The highest BCUT2D eigenvalue weighted by Crippen LogP contribution is 2.36. The molecule has 0 saturated heterocycles. The zero-order valence-electron chi connectivity index (χ0n) is 12.8. The molecule has 120 valence electrons. The Morgan fingerprint density at radius 1 is 1.41 bits per heavy atom. The van der Waals surface area contributed by atoms with Gasteiger partial charge in [-0.15, -0.1) is 11.8 Å². The molecule has 0 radical (unpaired) electrons. The number of thioether (sulfide) groups is 1. The van der Waals surface area contributed by atoms with Gasteiger partial charge < -0.3 is 14.6 Å². The van der Waals surface area contributed by atoms with Crippen molar-refractivity contribution < 1.29 is 24.2 Å². The first kappa shape index (κ1) is 16.5. The zero-order valence-corrected chi connectivity index (χ0v) is 13.6. The first-order valence-corrected chi connectivity index (χ1v) is 7.87. The predicted octanol–water partition coefficient (Wildman–Crippen LogP) is 3.00. The van der Waals surface area contributed by atoms with Crippen LogP contribution in [0, 0.1) is 0 Å². The van der Waals surface area contributed by atoms with Crippen molar-refractivity contribution in [1.29, 1.82) is 0 Å². The van der Waals surface area contributed by atoms with Crippen LogP contribution in [0.5, 0.6) is 5.75 Å². The zero-order chi connectivity index (χ0) is 16.3. The highest BCUT2D eigenvalue weighted by Gasteiger charge is 2.28. The summed E-state index contributed by atoms with van der Waals surface area (Å²) < 4.78 is 10.9. The van der Waals surface area contributed by atoms with Crippen molar-refractivity contribution in [3.8, 4) is 5.75 Å². The Kier molecular flexibility index (Phi) is 4.85. The highest BCUT2D eigenvalue weighted by molar-refractivity contribution is 8.00. The SMILES string of the molecule is CC(C)(C)OC(=O)N1CCOc2ccc(SCC(=O)O)cc21. The van der Waals surface area contributed by atoms with Gasteiger partial charge in [0.1, 0.15) is 18.0 Å². The maximum absolute atomic E-state index is 12.3. The van der Waals surface area contributed by atoms with Crippen LogP contribution in [0.25, 0.3) is 0 Å². The molecule has 1 heterocycles. The molecule has 0 spiro atoms. The monoisotopic (exact) mass is 325 g/mol. The number of carbonyl (C=O) groups is 2. The van der Waals surface area contributed by atoms with Gasteiger partial charge >= 0.3 is 12.1 Å². The van der Waals surface area contributed by atoms with Crippen molar-refractivity contribution in [3.05, 3.63) is 18.2 Å². The van der Waals surface area contributed by atoms with E-state index in [2.05, 4.69) is 0 Å². The Morgan fingerprint density at radius 2 is 2.14 bits per heavy atom. The smallest absolute Gasteiger partial charge is 0.415 e. The molecule has 2 rings (SSSR count). The quantitative estimate of drug-likeness (QED) is 0.861. The van der Waals surface area contributed by atoms with E-state index in [1.54, 1.807) is 18.2 Å². The van der Waals surface area contributed by atoms with Gasteiger partial charge in [0.05, 0.1) is 18.0 Å². The molecule has 1 aromatic carbocycles. The number of hydrogen-bond acceptors (Lipinski definition) is 5. The standard InChI is InChI=1S/C15H19NO5S/c1-15(2,3)21-14(19)16-6-7-20-12-5-4-10(8-11(12)16)22-9-13(17)18/h4-5,8H,6-7,9H2,1-3H3,(H,17,18). The molecule has 0 atom stereocenters. The van der Waals surface area contributed by atoms with Crippen LogP contribution in [0.15, 0.2) is 23.1 Å². The molecule has 0 aromatic heterocycles. The largest absolute Gasteiger partial charge is 0.490 e. The van der Waals surface area contributed by atoms with Gasteiger partial charge in [-0.1, -0.05) is 0 Å². The van der Waals surface area contributed by atoms with Crippen LogP contribution < -0.4 is 9.64 Å². The molecule has 0 fully saturated rings. The molecule has 1 amide bonds. The van der Waals surface area contributed by atoms with Gasteiger partial charge in [-0.2, -0.15) is 0 Å². The number of carbonyl (C=O) groups excluding carboxylic acids is 1. The molecule has 1 aliphatic heterocycles. The predicted molar refractivity (Wildman–Crippen MR) is 83.9 cm³/mol. The molecular weight excluding hydrogens is 306 g/mol. The van der Waals surface area contributed by atoms with Gasteiger partial charge in [0.25, 0.3) is 0 Å². The normalized spacial score (nSPS) is 14.0. The third-order valence-corrected chi connectivity index (χ3v) is 3.75. The minimum Gasteiger partial charge on any atom is -0.490 e. The van der Waals surface area contributed by atoms with Crippen LogP contribution in [-0.4, -0.2) is 41.7 Å². The summed E-state index contributed by atoms with van der Waals surface area (Å²) >= 11 is 1.19. The van der Waals surface area contributed by atoms with E-state index in [4.69, 9.17) is 14.6 Å². The van der Waals surface area contributed by atoms with E-state index in [1.807, 2.05) is 20.8 Å². The lowest BCUT2D eigenvalue weighted by molar-refractivity contribution is -0.133. The molecule has 1 aliphatic rings. The molecular formula is C15H19NO5S. The fourth-order valence-electron chi connectivity index (χ4n) is 1.94. The summed E-state index contributed by atoms with van der Waals surface area (Å²) in [5.74, 6) is -0.328. The van der Waals surface area contributed by atoms with E-state index in [0.717, 1.165) is 4.90 Å². The molecule has 1 N–H and O–H groups in total. The van der Waals surface area contributed by atoms with Gasteiger partial charge in [-0.05, 0) is 39.0 Å². The minimum atomic E-state index is -0.886. The summed E-state index contributed by atoms with van der Waals surface area (Å²) in [5, 5.41) is 8.75. The number of anilines is 1. The summed E-state index contributed by atoms with van der Waals surface area (Å²) in [4.78, 5) is 25.2. The number of rotatable bonds is 3. The van der Waals surface area contributed by atoms with Crippen molar-refractivity contribution in [1.82, 2.24) is 0 Å². The van der Waals surface area contributed by atoms with E-state index in [0.29, 0.717) is 24.6 Å². The van der Waals surface area contributed by atoms with E-state index in [9.17, 15) is 9.59 Å². The van der Waals surface area contributed by atoms with Crippen molar-refractivity contribution in [2.45, 2.75) is 31.3 Å². The molecule has 7 heteroatoms. The van der Waals surface area contributed by atoms with E-state index in [-0.39, 0.29) is 5.75 Å². The van der Waals surface area contributed by atoms with Gasteiger partial charge in [-0.25, -0.2) is 4.79 Å². The third-order valence-electron chi connectivity index (χ3n) is 2.77. The van der Waals surface area contributed by atoms with E-state index < -0.39 is 17.7 Å². The van der Waals surface area contributed by atoms with Crippen molar-refractivity contribution in [2.24, 2.45) is 0 Å². The van der Waals surface area contributed by atoms with E-state index >= 15 is 0 Å². The molecule has 0 saturated carbocycles. The number of ether oxygens (including phenoxy) is 2. The average Bonchev–Trinajstić information content (AvgIpc) is 2.42. The Hall–Kier alpha value is -1.89. The number of amides is 1. The number of hydrogen-bond donors (Lipinski definition) is 1. The van der Waals surface area contributed by atoms with Crippen LogP contribution in [0.2, 0.25) is 0 Å². The summed E-state index contributed by atoms with van der Waals surface area (Å²) in [7, 11) is 0. The fourth-order valence-corrected chi connectivity index (χ4v) is 2.59. The van der Waals surface area contributed by atoms with E-state index in [1.165, 1.54) is 16.7 Å². The molecule has 6 nitrogen and oxygen atoms in total. The molecule has 0 aliphatic carbocycles. The Balaban J connectivity index is 2.22. The molecule has 0 bridgehead atoms. The first-order chi connectivity index (χ1) is 10.3. The number of carboxylic acid groups (broad SMARTS) is 1. The second-order valence-corrected chi connectivity index (χ2v) is 6.84. The molecule has 1 aromatic rings. The van der Waals surface area contributed by atoms with Gasteiger partial charge in [0.2, 0.25) is 0 Å². The summed E-state index contributed by atoms with van der Waals surface area (Å²) in [6, 6.07) is 5.28. The second-order valence-electron chi connectivity index (χ2n) is 5.79. The van der Waals surface area contributed by atoms with Crippen LogP contribution in [0.3, 0.4) is 0 Å². The maximum atomic E-state index is 12.3. The third kappa shape index (κ3) is 4.30. The van der Waals surface area contributed by atoms with Gasteiger partial charge in [0.15, 0.2) is 0 Å². The maximum Gasteiger partial charge on any atom is 0.415 e. The minimum absolute atomic E-state index is 0.0356.